The number of phenolic OH excluding ortho intramolecular Hbond substituents is 1. The van der Waals surface area contributed by atoms with Gasteiger partial charge in [0.2, 0.25) is 0 Å². The molecule has 0 aromatic heterocycles. The number of anilines is 1. The van der Waals surface area contributed by atoms with Crippen molar-refractivity contribution < 1.29 is 5.11 Å². The fourth-order valence-electron chi connectivity index (χ4n) is 1.85. The molecule has 2 nitrogen and oxygen atoms in total. The molecule has 0 spiro atoms. The Labute approximate surface area is 123 Å². The third-order valence-corrected chi connectivity index (χ3v) is 3.61. The summed E-state index contributed by atoms with van der Waals surface area (Å²) in [5.41, 5.74) is 3.81. The molecule has 0 radical (unpaired) electrons. The second-order valence-corrected chi connectivity index (χ2v) is 5.39. The molecule has 2 aromatic carbocycles. The van der Waals surface area contributed by atoms with Gasteiger partial charge in [-0.15, -0.1) is 0 Å². The van der Waals surface area contributed by atoms with Crippen LogP contribution in [-0.2, 0) is 6.54 Å². The summed E-state index contributed by atoms with van der Waals surface area (Å²) in [6.07, 6.45) is 0. The van der Waals surface area contributed by atoms with Crippen molar-refractivity contribution in [2.24, 2.45) is 0 Å². The van der Waals surface area contributed by atoms with Crippen LogP contribution in [0.4, 0.5) is 5.69 Å². The maximum atomic E-state index is 9.62. The van der Waals surface area contributed by atoms with Gasteiger partial charge < -0.3 is 10.4 Å². The molecule has 0 aliphatic heterocycles. The largest absolute Gasteiger partial charge is 0.508 e. The number of benzene rings is 2. The van der Waals surface area contributed by atoms with Crippen LogP contribution < -0.4 is 5.32 Å². The first-order valence-corrected chi connectivity index (χ1v) is 6.71. The zero-order valence-electron chi connectivity index (χ0n) is 10.8. The molecule has 100 valence electrons. The van der Waals surface area contributed by atoms with E-state index in [1.54, 1.807) is 12.1 Å². The van der Waals surface area contributed by atoms with Crippen molar-refractivity contribution in [2.75, 3.05) is 5.32 Å². The lowest BCUT2D eigenvalue weighted by atomic mass is 10.1. The Hall–Kier alpha value is -1.38. The summed E-state index contributed by atoms with van der Waals surface area (Å²) < 4.78 is 0. The highest BCUT2D eigenvalue weighted by atomic mass is 35.5. The molecule has 4 heteroatoms. The Morgan fingerprint density at radius 2 is 1.79 bits per heavy atom. The highest BCUT2D eigenvalue weighted by molar-refractivity contribution is 6.35. The molecule has 0 bridgehead atoms. The third kappa shape index (κ3) is 3.34. The van der Waals surface area contributed by atoms with E-state index < -0.39 is 0 Å². The standard InChI is InChI=1S/C15H15Cl2NO/c1-9-6-15(19)10(2)5-14(9)18-8-11-3-4-12(16)7-13(11)17/h3-7,18-19H,8H2,1-2H3. The predicted octanol–water partition coefficient (Wildman–Crippen LogP) is 4.93. The molecular formula is C15H15Cl2NO. The highest BCUT2D eigenvalue weighted by Gasteiger charge is 2.05. The minimum absolute atomic E-state index is 0.313. The molecule has 0 heterocycles. The van der Waals surface area contributed by atoms with E-state index in [1.807, 2.05) is 32.0 Å². The van der Waals surface area contributed by atoms with Crippen LogP contribution in [0.15, 0.2) is 30.3 Å². The van der Waals surface area contributed by atoms with Crippen LogP contribution >= 0.6 is 23.2 Å². The van der Waals surface area contributed by atoms with Gasteiger partial charge in [0.1, 0.15) is 5.75 Å². The van der Waals surface area contributed by atoms with E-state index in [4.69, 9.17) is 23.2 Å². The number of hydrogen-bond acceptors (Lipinski definition) is 2. The van der Waals surface area contributed by atoms with Gasteiger partial charge in [-0.1, -0.05) is 29.3 Å². The minimum Gasteiger partial charge on any atom is -0.508 e. The van der Waals surface area contributed by atoms with Gasteiger partial charge in [-0.05, 0) is 54.8 Å². The summed E-state index contributed by atoms with van der Waals surface area (Å²) >= 11 is 12.0. The Balaban J connectivity index is 2.16. The van der Waals surface area contributed by atoms with Crippen molar-refractivity contribution in [1.29, 1.82) is 0 Å². The molecule has 0 fully saturated rings. The molecule has 0 aliphatic rings. The van der Waals surface area contributed by atoms with Gasteiger partial charge in [-0.25, -0.2) is 0 Å². The topological polar surface area (TPSA) is 32.3 Å². The summed E-state index contributed by atoms with van der Waals surface area (Å²) in [5.74, 6) is 0.313. The Bertz CT molecular complexity index is 611. The first-order chi connectivity index (χ1) is 8.97. The molecule has 2 rings (SSSR count). The lowest BCUT2D eigenvalue weighted by molar-refractivity contribution is 0.471. The van der Waals surface area contributed by atoms with Crippen LogP contribution in [0.2, 0.25) is 10.0 Å². The van der Waals surface area contributed by atoms with Crippen LogP contribution in [0.5, 0.6) is 5.75 Å². The van der Waals surface area contributed by atoms with Crippen molar-refractivity contribution in [1.82, 2.24) is 0 Å². The van der Waals surface area contributed by atoms with Crippen LogP contribution in [0.25, 0.3) is 0 Å². The Kier molecular flexibility index (Phi) is 4.23. The van der Waals surface area contributed by atoms with Crippen LogP contribution in [0.1, 0.15) is 16.7 Å². The van der Waals surface area contributed by atoms with Crippen molar-refractivity contribution in [3.8, 4) is 5.75 Å². The molecule has 0 unspecified atom stereocenters. The number of aromatic hydroxyl groups is 1. The molecule has 0 aliphatic carbocycles. The van der Waals surface area contributed by atoms with E-state index >= 15 is 0 Å². The van der Waals surface area contributed by atoms with Crippen molar-refractivity contribution in [3.05, 3.63) is 57.1 Å². The number of aryl methyl sites for hydroxylation is 2. The normalized spacial score (nSPS) is 10.5. The van der Waals surface area contributed by atoms with Crippen molar-refractivity contribution >= 4 is 28.9 Å². The molecule has 2 aromatic rings. The summed E-state index contributed by atoms with van der Waals surface area (Å²) in [4.78, 5) is 0. The zero-order chi connectivity index (χ0) is 14.0. The molecular weight excluding hydrogens is 281 g/mol. The highest BCUT2D eigenvalue weighted by Crippen LogP contribution is 2.26. The number of hydrogen-bond donors (Lipinski definition) is 2. The average Bonchev–Trinajstić information content (AvgIpc) is 2.34. The lowest BCUT2D eigenvalue weighted by Crippen LogP contribution is -2.02. The van der Waals surface area contributed by atoms with E-state index in [0.717, 1.165) is 22.4 Å². The Morgan fingerprint density at radius 1 is 1.05 bits per heavy atom. The third-order valence-electron chi connectivity index (χ3n) is 3.03. The van der Waals surface area contributed by atoms with Gasteiger partial charge in [0, 0.05) is 22.3 Å². The lowest BCUT2D eigenvalue weighted by Gasteiger charge is -2.12. The minimum atomic E-state index is 0.313. The number of halogens is 2. The van der Waals surface area contributed by atoms with Gasteiger partial charge >= 0.3 is 0 Å². The van der Waals surface area contributed by atoms with Crippen molar-refractivity contribution in [3.63, 3.8) is 0 Å². The zero-order valence-corrected chi connectivity index (χ0v) is 12.3. The van der Waals surface area contributed by atoms with E-state index in [1.165, 1.54) is 0 Å². The molecule has 0 amide bonds. The SMILES string of the molecule is Cc1cc(NCc2ccc(Cl)cc2Cl)c(C)cc1O. The molecule has 0 saturated carbocycles. The van der Waals surface area contributed by atoms with E-state index in [9.17, 15) is 5.11 Å². The van der Waals surface area contributed by atoms with Gasteiger partial charge in [0.05, 0.1) is 0 Å². The van der Waals surface area contributed by atoms with Gasteiger partial charge in [0.25, 0.3) is 0 Å². The first-order valence-electron chi connectivity index (χ1n) is 5.95. The first kappa shape index (κ1) is 14.0. The second-order valence-electron chi connectivity index (χ2n) is 4.54. The molecule has 2 N–H and O–H groups in total. The van der Waals surface area contributed by atoms with Crippen LogP contribution in [0.3, 0.4) is 0 Å². The quantitative estimate of drug-likeness (QED) is 0.787. The molecule has 0 saturated heterocycles. The van der Waals surface area contributed by atoms with Gasteiger partial charge in [-0.2, -0.15) is 0 Å². The van der Waals surface area contributed by atoms with E-state index in [-0.39, 0.29) is 0 Å². The van der Waals surface area contributed by atoms with Crippen molar-refractivity contribution in [2.45, 2.75) is 20.4 Å². The van der Waals surface area contributed by atoms with Crippen LogP contribution in [0, 0.1) is 13.8 Å². The monoisotopic (exact) mass is 295 g/mol. The van der Waals surface area contributed by atoms with E-state index in [0.29, 0.717) is 22.3 Å². The second kappa shape index (κ2) is 5.72. The fourth-order valence-corrected chi connectivity index (χ4v) is 2.32. The summed E-state index contributed by atoms with van der Waals surface area (Å²) in [7, 11) is 0. The smallest absolute Gasteiger partial charge is 0.118 e. The maximum absolute atomic E-state index is 9.62. The summed E-state index contributed by atoms with van der Waals surface area (Å²) in [6.45, 7) is 4.43. The average molecular weight is 296 g/mol. The summed E-state index contributed by atoms with van der Waals surface area (Å²) in [5, 5.41) is 14.2. The van der Waals surface area contributed by atoms with Gasteiger partial charge in [0.15, 0.2) is 0 Å². The molecule has 19 heavy (non-hydrogen) atoms. The number of phenols is 1. The summed E-state index contributed by atoms with van der Waals surface area (Å²) in [6, 6.07) is 9.13. The fraction of sp³-hybridized carbons (Fsp3) is 0.200. The Morgan fingerprint density at radius 3 is 2.47 bits per heavy atom. The number of nitrogens with one attached hydrogen (secondary N) is 1. The number of rotatable bonds is 3. The van der Waals surface area contributed by atoms with E-state index in [2.05, 4.69) is 5.32 Å². The van der Waals surface area contributed by atoms with Crippen LogP contribution in [-0.4, -0.2) is 5.11 Å². The maximum Gasteiger partial charge on any atom is 0.118 e. The van der Waals surface area contributed by atoms with Gasteiger partial charge in [-0.3, -0.25) is 0 Å². The molecule has 0 atom stereocenters. The predicted molar refractivity (Wildman–Crippen MR) is 81.4 cm³/mol.